The van der Waals surface area contributed by atoms with Gasteiger partial charge in [-0.15, -0.1) is 0 Å². The van der Waals surface area contributed by atoms with Crippen LogP contribution in [-0.4, -0.2) is 33.6 Å². The predicted octanol–water partition coefficient (Wildman–Crippen LogP) is 18.0. The molecule has 12 rings (SSSR count). The van der Waals surface area contributed by atoms with Crippen LogP contribution in [0.3, 0.4) is 0 Å². The summed E-state index contributed by atoms with van der Waals surface area (Å²) in [6, 6.07) is 0. The van der Waals surface area contributed by atoms with E-state index in [1.54, 1.807) is 11.1 Å². The first-order chi connectivity index (χ1) is 34.2. The van der Waals surface area contributed by atoms with Crippen molar-refractivity contribution >= 4 is 0 Å². The molecule has 0 heterocycles. The van der Waals surface area contributed by atoms with Gasteiger partial charge < -0.3 is 15.3 Å². The van der Waals surface area contributed by atoms with Crippen molar-refractivity contribution in [3.8, 4) is 0 Å². The standard InChI is InChI=1S/C23H40O.2C23H38O/c3*1-5-15(2)19-8-9-20-18-7-6-16-14-17(24)10-12-22(16,3)21(18)11-13-23(19,20)4/h15-21,24H,5-14H2,1-4H3;2*6,15,17-21,24H,5,7-14H2,1-4H3/t15-,16-,17+,18?,19?,20?,21?,22+,23-;15-,17+,18?,19?,20?,21?,22+,23-;15-,17-,18?,19?,20?,21?,22+,23-/m111/s1. The van der Waals surface area contributed by atoms with E-state index in [1.807, 2.05) is 0 Å². The van der Waals surface area contributed by atoms with E-state index in [0.717, 1.165) is 133 Å². The number of hydrogen-bond acceptors (Lipinski definition) is 3. The zero-order chi connectivity index (χ0) is 51.3. The van der Waals surface area contributed by atoms with E-state index in [-0.39, 0.29) is 18.3 Å². The molecule has 410 valence electrons. The Morgan fingerprint density at radius 2 is 0.764 bits per heavy atom. The zero-order valence-electron chi connectivity index (χ0n) is 49.3. The van der Waals surface area contributed by atoms with Crippen LogP contribution < -0.4 is 0 Å². The number of aliphatic hydroxyl groups is 3. The molecule has 0 amide bonds. The van der Waals surface area contributed by atoms with Gasteiger partial charge in [0.2, 0.25) is 0 Å². The second-order valence-corrected chi connectivity index (χ2v) is 31.2. The van der Waals surface area contributed by atoms with Gasteiger partial charge in [-0.3, -0.25) is 0 Å². The number of rotatable bonds is 6. The molecule has 12 aliphatic rings. The number of hydrogen-bond donors (Lipinski definition) is 3. The Morgan fingerprint density at radius 1 is 0.403 bits per heavy atom. The topological polar surface area (TPSA) is 60.7 Å². The van der Waals surface area contributed by atoms with Crippen LogP contribution in [-0.2, 0) is 0 Å². The normalized spacial score (nSPS) is 53.2. The summed E-state index contributed by atoms with van der Waals surface area (Å²) in [5.41, 5.74) is 6.41. The van der Waals surface area contributed by atoms with Gasteiger partial charge in [-0.2, -0.15) is 0 Å². The van der Waals surface area contributed by atoms with E-state index in [0.29, 0.717) is 32.5 Å². The predicted molar refractivity (Wildman–Crippen MR) is 302 cm³/mol. The molecular weight excluding hydrogens is 877 g/mol. The summed E-state index contributed by atoms with van der Waals surface area (Å²) >= 11 is 0. The fourth-order valence-corrected chi connectivity index (χ4v) is 24.3. The lowest BCUT2D eigenvalue weighted by Gasteiger charge is -2.61. The SMILES string of the molecule is CC[C@@H](C)C1CCC2C3CC=C4C[C@@H](O)CC[C@]4(C)C3CC[C@@]21C.CC[C@@H](C)C1CCC2C3CC=C4C[C@H](O)CC[C@]4(C)C3CC[C@@]21C.CC[C@@H](C)C1CCC2C3CC[C@@H]4C[C@@H](O)CC[C@]4(C)C3CC[C@@]21C. The van der Waals surface area contributed by atoms with Gasteiger partial charge >= 0.3 is 0 Å². The highest BCUT2D eigenvalue weighted by Gasteiger charge is 2.63. The summed E-state index contributed by atoms with van der Waals surface area (Å²) in [6.45, 7) is 30.4. The van der Waals surface area contributed by atoms with Crippen molar-refractivity contribution in [3.63, 3.8) is 0 Å². The van der Waals surface area contributed by atoms with E-state index in [4.69, 9.17) is 0 Å². The molecule has 25 atom stereocenters. The zero-order valence-corrected chi connectivity index (χ0v) is 49.3. The summed E-state index contributed by atoms with van der Waals surface area (Å²) in [5, 5.41) is 30.4. The van der Waals surface area contributed by atoms with Crippen LogP contribution in [0.4, 0.5) is 0 Å². The quantitative estimate of drug-likeness (QED) is 0.232. The molecule has 0 spiro atoms. The molecule has 3 N–H and O–H groups in total. The summed E-state index contributed by atoms with van der Waals surface area (Å²) in [7, 11) is 0. The van der Waals surface area contributed by atoms with Gasteiger partial charge in [0.25, 0.3) is 0 Å². The Bertz CT molecular complexity index is 1860. The largest absolute Gasteiger partial charge is 0.393 e. The lowest BCUT2D eigenvalue weighted by atomic mass is 9.44. The van der Waals surface area contributed by atoms with Gasteiger partial charge in [0.1, 0.15) is 0 Å². The highest BCUT2D eigenvalue weighted by Crippen LogP contribution is 2.71. The second kappa shape index (κ2) is 20.5. The van der Waals surface area contributed by atoms with Crippen LogP contribution in [0.25, 0.3) is 0 Å². The third-order valence-corrected chi connectivity index (χ3v) is 29.0. The van der Waals surface area contributed by atoms with E-state index in [9.17, 15) is 15.3 Å². The van der Waals surface area contributed by atoms with Gasteiger partial charge in [0.15, 0.2) is 0 Å². The molecule has 0 aromatic heterocycles. The first-order valence-electron chi connectivity index (χ1n) is 32.6. The molecule has 0 aromatic carbocycles. The van der Waals surface area contributed by atoms with Crippen LogP contribution >= 0.6 is 0 Å². The maximum absolute atomic E-state index is 10.2. The number of aliphatic hydroxyl groups excluding tert-OH is 3. The Balaban J connectivity index is 0.000000124. The van der Waals surface area contributed by atoms with Crippen LogP contribution in [0, 0.1) is 127 Å². The maximum atomic E-state index is 10.2. The van der Waals surface area contributed by atoms with E-state index < -0.39 is 0 Å². The van der Waals surface area contributed by atoms with Crippen molar-refractivity contribution in [2.45, 2.75) is 281 Å². The van der Waals surface area contributed by atoms with Crippen molar-refractivity contribution in [1.29, 1.82) is 0 Å². The van der Waals surface area contributed by atoms with Gasteiger partial charge in [-0.1, -0.05) is 126 Å². The molecule has 0 radical (unpaired) electrons. The average Bonchev–Trinajstić information content (AvgIpc) is 4.04. The molecule has 3 heteroatoms. The summed E-state index contributed by atoms with van der Waals surface area (Å²) in [6.07, 6.45) is 42.0. The van der Waals surface area contributed by atoms with Crippen LogP contribution in [0.15, 0.2) is 23.3 Å². The van der Waals surface area contributed by atoms with Crippen LogP contribution in [0.2, 0.25) is 0 Å². The first kappa shape index (κ1) is 54.7. The highest BCUT2D eigenvalue weighted by molar-refractivity contribution is 5.27. The summed E-state index contributed by atoms with van der Waals surface area (Å²) in [5.74, 6) is 14.9. The molecule has 0 saturated heterocycles. The van der Waals surface area contributed by atoms with Crippen LogP contribution in [0.1, 0.15) is 263 Å². The monoisotopic (exact) mass is 993 g/mol. The Kier molecular flexibility index (Phi) is 15.6. The Labute approximate surface area is 445 Å². The molecule has 3 nitrogen and oxygen atoms in total. The molecular formula is C69H116O3. The van der Waals surface area contributed by atoms with Crippen molar-refractivity contribution in [1.82, 2.24) is 0 Å². The minimum atomic E-state index is -0.0732. The number of fused-ring (bicyclic) bond motifs is 15. The van der Waals surface area contributed by atoms with E-state index >= 15 is 0 Å². The molecule has 0 aliphatic heterocycles. The average molecular weight is 994 g/mol. The van der Waals surface area contributed by atoms with Gasteiger partial charge in [-0.05, 0) is 288 Å². The molecule has 72 heavy (non-hydrogen) atoms. The molecule has 0 bridgehead atoms. The van der Waals surface area contributed by atoms with Crippen molar-refractivity contribution in [2.75, 3.05) is 0 Å². The van der Waals surface area contributed by atoms with E-state index in [1.165, 1.54) is 141 Å². The fraction of sp³-hybridized carbons (Fsp3) is 0.942. The fourth-order valence-electron chi connectivity index (χ4n) is 24.3. The lowest BCUT2D eigenvalue weighted by Crippen LogP contribution is -2.54. The molecule has 12 unspecified atom stereocenters. The first-order valence-corrected chi connectivity index (χ1v) is 32.6. The maximum Gasteiger partial charge on any atom is 0.0577 e. The molecule has 10 saturated carbocycles. The van der Waals surface area contributed by atoms with Crippen LogP contribution in [0.5, 0.6) is 0 Å². The molecule has 12 aliphatic carbocycles. The second-order valence-electron chi connectivity index (χ2n) is 31.2. The smallest absolute Gasteiger partial charge is 0.0577 e. The minimum absolute atomic E-state index is 0.00486. The summed E-state index contributed by atoms with van der Waals surface area (Å²) in [4.78, 5) is 0. The van der Waals surface area contributed by atoms with Crippen molar-refractivity contribution < 1.29 is 15.3 Å². The van der Waals surface area contributed by atoms with E-state index in [2.05, 4.69) is 95.2 Å². The summed E-state index contributed by atoms with van der Waals surface area (Å²) < 4.78 is 0. The highest BCUT2D eigenvalue weighted by atomic mass is 16.3. The molecule has 10 fully saturated rings. The third kappa shape index (κ3) is 8.85. The number of allylic oxidation sites excluding steroid dienone is 2. The molecule has 0 aromatic rings. The Hall–Kier alpha value is -0.640. The van der Waals surface area contributed by atoms with Crippen molar-refractivity contribution in [3.05, 3.63) is 23.3 Å². The lowest BCUT2D eigenvalue weighted by molar-refractivity contribution is -0.129. The van der Waals surface area contributed by atoms with Gasteiger partial charge in [0, 0.05) is 0 Å². The Morgan fingerprint density at radius 3 is 1.18 bits per heavy atom. The minimum Gasteiger partial charge on any atom is -0.393 e. The van der Waals surface area contributed by atoms with Crippen molar-refractivity contribution in [2.24, 2.45) is 127 Å². The van der Waals surface area contributed by atoms with Gasteiger partial charge in [-0.25, -0.2) is 0 Å². The van der Waals surface area contributed by atoms with Gasteiger partial charge in [0.05, 0.1) is 18.3 Å². The third-order valence-electron chi connectivity index (χ3n) is 29.0.